The minimum Gasteiger partial charge on any atom is -0.326 e. The molecule has 1 amide bonds. The minimum absolute atomic E-state index is 0.0619. The van der Waals surface area contributed by atoms with Crippen LogP contribution in [0.1, 0.15) is 12.5 Å². The van der Waals surface area contributed by atoms with Crippen LogP contribution < -0.4 is 10.9 Å². The molecule has 98 valence electrons. The van der Waals surface area contributed by atoms with Crippen LogP contribution in [0.15, 0.2) is 51.9 Å². The van der Waals surface area contributed by atoms with Crippen LogP contribution in [0.3, 0.4) is 0 Å². The predicted octanol–water partition coefficient (Wildman–Crippen LogP) is 2.62. The third kappa shape index (κ3) is 3.79. The fraction of sp³-hybridized carbons (Fsp3) is 0.143. The highest BCUT2D eigenvalue weighted by atomic mass is 79.9. The molecule has 0 fully saturated rings. The van der Waals surface area contributed by atoms with Crippen LogP contribution in [0, 0.1) is 0 Å². The molecule has 0 bridgehead atoms. The van der Waals surface area contributed by atoms with Gasteiger partial charge in [0, 0.05) is 29.3 Å². The molecule has 1 aromatic heterocycles. The van der Waals surface area contributed by atoms with Gasteiger partial charge in [0.05, 0.1) is 6.54 Å². The van der Waals surface area contributed by atoms with Crippen LogP contribution in [-0.4, -0.2) is 10.5 Å². The van der Waals surface area contributed by atoms with E-state index < -0.39 is 0 Å². The highest BCUT2D eigenvalue weighted by molar-refractivity contribution is 9.10. The molecule has 0 saturated heterocycles. The number of carbonyl (C=O) groups excluding carboxylic acids is 1. The zero-order valence-electron chi connectivity index (χ0n) is 10.4. The van der Waals surface area contributed by atoms with Crippen LogP contribution in [-0.2, 0) is 11.3 Å². The molecule has 0 atom stereocenters. The Morgan fingerprint density at radius 3 is 2.84 bits per heavy atom. The van der Waals surface area contributed by atoms with Gasteiger partial charge in [-0.2, -0.15) is 0 Å². The molecule has 0 aliphatic carbocycles. The van der Waals surface area contributed by atoms with E-state index in [1.165, 1.54) is 13.0 Å². The summed E-state index contributed by atoms with van der Waals surface area (Å²) in [6, 6.07) is 10.7. The van der Waals surface area contributed by atoms with Crippen molar-refractivity contribution in [1.29, 1.82) is 0 Å². The van der Waals surface area contributed by atoms with E-state index in [1.807, 2.05) is 24.3 Å². The van der Waals surface area contributed by atoms with Crippen molar-refractivity contribution in [2.45, 2.75) is 13.5 Å². The molecule has 1 aromatic carbocycles. The largest absolute Gasteiger partial charge is 0.326 e. The van der Waals surface area contributed by atoms with Crippen molar-refractivity contribution in [3.8, 4) is 0 Å². The summed E-state index contributed by atoms with van der Waals surface area (Å²) in [5, 5.41) is 2.72. The van der Waals surface area contributed by atoms with Gasteiger partial charge < -0.3 is 9.88 Å². The van der Waals surface area contributed by atoms with Gasteiger partial charge >= 0.3 is 0 Å². The van der Waals surface area contributed by atoms with Crippen molar-refractivity contribution in [3.63, 3.8) is 0 Å². The number of hydrogen-bond acceptors (Lipinski definition) is 2. The van der Waals surface area contributed by atoms with E-state index in [0.717, 1.165) is 15.7 Å². The lowest BCUT2D eigenvalue weighted by Crippen LogP contribution is -2.18. The van der Waals surface area contributed by atoms with Gasteiger partial charge in [-0.15, -0.1) is 0 Å². The van der Waals surface area contributed by atoms with E-state index in [4.69, 9.17) is 0 Å². The Hall–Kier alpha value is -1.88. The quantitative estimate of drug-likeness (QED) is 0.945. The molecule has 0 aliphatic rings. The van der Waals surface area contributed by atoms with Crippen molar-refractivity contribution in [3.05, 3.63) is 63.0 Å². The van der Waals surface area contributed by atoms with Gasteiger partial charge in [0.25, 0.3) is 5.56 Å². The van der Waals surface area contributed by atoms with Crippen molar-refractivity contribution in [1.82, 2.24) is 4.57 Å². The molecule has 0 spiro atoms. The molecule has 0 aliphatic heterocycles. The molecular weight excluding hydrogens is 308 g/mol. The summed E-state index contributed by atoms with van der Waals surface area (Å²) in [4.78, 5) is 22.7. The second-order valence-electron chi connectivity index (χ2n) is 4.20. The van der Waals surface area contributed by atoms with Gasteiger partial charge in [-0.3, -0.25) is 9.59 Å². The van der Waals surface area contributed by atoms with Crippen molar-refractivity contribution >= 4 is 27.5 Å². The SMILES string of the molecule is CC(=O)Nc1cccc(Cn2cc(Br)ccc2=O)c1. The van der Waals surface area contributed by atoms with Gasteiger partial charge in [-0.05, 0) is 39.7 Å². The molecule has 2 aromatic rings. The average molecular weight is 321 g/mol. The number of anilines is 1. The summed E-state index contributed by atoms with van der Waals surface area (Å²) in [6.45, 7) is 1.93. The number of halogens is 1. The van der Waals surface area contributed by atoms with E-state index in [2.05, 4.69) is 21.2 Å². The van der Waals surface area contributed by atoms with E-state index in [1.54, 1.807) is 16.8 Å². The summed E-state index contributed by atoms with van der Waals surface area (Å²) < 4.78 is 2.46. The standard InChI is InChI=1S/C14H13BrN2O2/c1-10(18)16-13-4-2-3-11(7-13)8-17-9-12(15)5-6-14(17)19/h2-7,9H,8H2,1H3,(H,16,18). The minimum atomic E-state index is -0.114. The van der Waals surface area contributed by atoms with Crippen LogP contribution in [0.2, 0.25) is 0 Å². The van der Waals surface area contributed by atoms with Crippen LogP contribution in [0.25, 0.3) is 0 Å². The topological polar surface area (TPSA) is 51.1 Å². The molecular formula is C14H13BrN2O2. The smallest absolute Gasteiger partial charge is 0.250 e. The highest BCUT2D eigenvalue weighted by Gasteiger charge is 2.01. The Balaban J connectivity index is 2.25. The lowest BCUT2D eigenvalue weighted by Gasteiger charge is -2.08. The summed E-state index contributed by atoms with van der Waals surface area (Å²) in [5.74, 6) is -0.114. The number of nitrogens with one attached hydrogen (secondary N) is 1. The third-order valence-corrected chi connectivity index (χ3v) is 3.02. The summed E-state index contributed by atoms with van der Waals surface area (Å²) in [7, 11) is 0. The fourth-order valence-electron chi connectivity index (χ4n) is 1.77. The van der Waals surface area contributed by atoms with Gasteiger partial charge in [-0.1, -0.05) is 12.1 Å². The van der Waals surface area contributed by atoms with Crippen molar-refractivity contribution in [2.24, 2.45) is 0 Å². The molecule has 0 unspecified atom stereocenters. The molecule has 0 saturated carbocycles. The number of benzene rings is 1. The number of pyridine rings is 1. The highest BCUT2D eigenvalue weighted by Crippen LogP contribution is 2.12. The van der Waals surface area contributed by atoms with E-state index >= 15 is 0 Å². The summed E-state index contributed by atoms with van der Waals surface area (Å²) in [5.41, 5.74) is 1.62. The molecule has 1 heterocycles. The lowest BCUT2D eigenvalue weighted by molar-refractivity contribution is -0.114. The molecule has 4 nitrogen and oxygen atoms in total. The molecule has 5 heteroatoms. The van der Waals surface area contributed by atoms with Gasteiger partial charge in [-0.25, -0.2) is 0 Å². The van der Waals surface area contributed by atoms with Gasteiger partial charge in [0.15, 0.2) is 0 Å². The molecule has 0 radical (unpaired) electrons. The molecule has 2 rings (SSSR count). The van der Waals surface area contributed by atoms with E-state index in [9.17, 15) is 9.59 Å². The number of hydrogen-bond donors (Lipinski definition) is 1. The lowest BCUT2D eigenvalue weighted by atomic mass is 10.2. The van der Waals surface area contributed by atoms with E-state index in [-0.39, 0.29) is 11.5 Å². The first-order valence-corrected chi connectivity index (χ1v) is 6.56. The Morgan fingerprint density at radius 2 is 2.11 bits per heavy atom. The predicted molar refractivity (Wildman–Crippen MR) is 78.2 cm³/mol. The number of rotatable bonds is 3. The second-order valence-corrected chi connectivity index (χ2v) is 5.11. The summed E-state index contributed by atoms with van der Waals surface area (Å²) >= 11 is 3.34. The molecule has 1 N–H and O–H groups in total. The normalized spacial score (nSPS) is 10.2. The fourth-order valence-corrected chi connectivity index (χ4v) is 2.15. The van der Waals surface area contributed by atoms with Crippen LogP contribution in [0.4, 0.5) is 5.69 Å². The number of carbonyl (C=O) groups is 1. The number of nitrogens with zero attached hydrogens (tertiary/aromatic N) is 1. The Labute approximate surface area is 119 Å². The Morgan fingerprint density at radius 1 is 1.32 bits per heavy atom. The first-order valence-electron chi connectivity index (χ1n) is 5.77. The first kappa shape index (κ1) is 13.5. The maximum atomic E-state index is 11.7. The van der Waals surface area contributed by atoms with Crippen LogP contribution in [0.5, 0.6) is 0 Å². The maximum Gasteiger partial charge on any atom is 0.250 e. The van der Waals surface area contributed by atoms with Gasteiger partial charge in [0.1, 0.15) is 0 Å². The first-order chi connectivity index (χ1) is 9.04. The van der Waals surface area contributed by atoms with E-state index in [0.29, 0.717) is 6.54 Å². The Kier molecular flexibility index (Phi) is 4.16. The average Bonchev–Trinajstić information content (AvgIpc) is 2.33. The van der Waals surface area contributed by atoms with Crippen molar-refractivity contribution < 1.29 is 4.79 Å². The Bertz CT molecular complexity index is 664. The second kappa shape index (κ2) is 5.84. The zero-order valence-corrected chi connectivity index (χ0v) is 12.0. The number of amides is 1. The summed E-state index contributed by atoms with van der Waals surface area (Å²) in [6.07, 6.45) is 1.74. The number of aromatic nitrogens is 1. The molecule has 19 heavy (non-hydrogen) atoms. The van der Waals surface area contributed by atoms with Crippen molar-refractivity contribution in [2.75, 3.05) is 5.32 Å². The monoisotopic (exact) mass is 320 g/mol. The maximum absolute atomic E-state index is 11.7. The zero-order chi connectivity index (χ0) is 13.8. The third-order valence-electron chi connectivity index (χ3n) is 2.55. The van der Waals surface area contributed by atoms with Crippen LogP contribution >= 0.6 is 15.9 Å². The van der Waals surface area contributed by atoms with Gasteiger partial charge in [0.2, 0.25) is 5.91 Å².